The smallest absolute Gasteiger partial charge is 0.223 e. The summed E-state index contributed by atoms with van der Waals surface area (Å²) in [4.78, 5) is 14.7. The average molecular weight is 349 g/mol. The van der Waals surface area contributed by atoms with Gasteiger partial charge in [-0.05, 0) is 49.8 Å². The number of hydrogen-bond donors (Lipinski definition) is 1. The molecule has 0 aliphatic heterocycles. The van der Waals surface area contributed by atoms with Crippen LogP contribution in [0.2, 0.25) is 0 Å². The topological polar surface area (TPSA) is 46.3 Å². The molecule has 0 aromatic heterocycles. The van der Waals surface area contributed by atoms with Gasteiger partial charge in [0.05, 0.1) is 0 Å². The summed E-state index contributed by atoms with van der Waals surface area (Å²) < 4.78 is 0. The molecule has 22 heavy (non-hydrogen) atoms. The fraction of sp³-hybridized carbons (Fsp3) is 0.941. The van der Waals surface area contributed by atoms with E-state index in [1.54, 1.807) is 0 Å². The van der Waals surface area contributed by atoms with Gasteiger partial charge >= 0.3 is 0 Å². The first kappa shape index (κ1) is 20.1. The van der Waals surface area contributed by atoms with Gasteiger partial charge in [-0.1, -0.05) is 26.2 Å². The van der Waals surface area contributed by atoms with Crippen molar-refractivity contribution in [2.24, 2.45) is 11.1 Å². The molecule has 2 saturated carbocycles. The molecule has 2 aliphatic carbocycles. The molecule has 2 rings (SSSR count). The zero-order chi connectivity index (χ0) is 15.3. The van der Waals surface area contributed by atoms with Crippen LogP contribution >= 0.6 is 24.2 Å². The SMILES string of the molecule is CCSC1CCC(N(C)C(=O)CC2(CN)CCCCC2)C1.Cl. The second-order valence-electron chi connectivity index (χ2n) is 6.99. The maximum Gasteiger partial charge on any atom is 0.223 e. The molecule has 0 radical (unpaired) electrons. The third-order valence-corrected chi connectivity index (χ3v) is 6.81. The highest BCUT2D eigenvalue weighted by Crippen LogP contribution is 2.39. The van der Waals surface area contributed by atoms with Crippen LogP contribution in [0.15, 0.2) is 0 Å². The summed E-state index contributed by atoms with van der Waals surface area (Å²) >= 11 is 2.05. The van der Waals surface area contributed by atoms with Gasteiger partial charge in [0.2, 0.25) is 5.91 Å². The Kier molecular flexibility index (Phi) is 8.58. The lowest BCUT2D eigenvalue weighted by atomic mass is 9.71. The Morgan fingerprint density at radius 3 is 2.55 bits per heavy atom. The lowest BCUT2D eigenvalue weighted by molar-refractivity contribution is -0.134. The molecule has 3 nitrogen and oxygen atoms in total. The van der Waals surface area contributed by atoms with Crippen LogP contribution in [0.3, 0.4) is 0 Å². The zero-order valence-corrected chi connectivity index (χ0v) is 15.8. The maximum absolute atomic E-state index is 12.7. The zero-order valence-electron chi connectivity index (χ0n) is 14.2. The minimum atomic E-state index is 0. The first-order chi connectivity index (χ1) is 10.1. The van der Waals surface area contributed by atoms with Crippen LogP contribution in [0, 0.1) is 5.41 Å². The highest BCUT2D eigenvalue weighted by atomic mass is 35.5. The second-order valence-corrected chi connectivity index (χ2v) is 8.57. The molecule has 1 amide bonds. The standard InChI is InChI=1S/C17H32N2OS.ClH/c1-3-21-15-8-7-14(11-15)19(2)16(20)12-17(13-18)9-5-4-6-10-17;/h14-15H,3-13,18H2,1-2H3;1H. The molecule has 130 valence electrons. The molecule has 2 unspecified atom stereocenters. The molecule has 2 N–H and O–H groups in total. The molecule has 0 heterocycles. The predicted molar refractivity (Wildman–Crippen MR) is 98.8 cm³/mol. The van der Waals surface area contributed by atoms with E-state index in [4.69, 9.17) is 5.73 Å². The van der Waals surface area contributed by atoms with Crippen LogP contribution in [-0.2, 0) is 4.79 Å². The fourth-order valence-electron chi connectivity index (χ4n) is 4.06. The molecular weight excluding hydrogens is 316 g/mol. The van der Waals surface area contributed by atoms with Crippen molar-refractivity contribution >= 4 is 30.1 Å². The summed E-state index contributed by atoms with van der Waals surface area (Å²) in [7, 11) is 2.01. The number of carbonyl (C=O) groups excluding carboxylic acids is 1. The number of carbonyl (C=O) groups is 1. The van der Waals surface area contributed by atoms with Gasteiger partial charge in [0.25, 0.3) is 0 Å². The second kappa shape index (κ2) is 9.39. The third-order valence-electron chi connectivity index (χ3n) is 5.57. The molecular formula is C17H33ClN2OS. The van der Waals surface area contributed by atoms with Crippen LogP contribution in [0.4, 0.5) is 0 Å². The van der Waals surface area contributed by atoms with Crippen LogP contribution in [0.25, 0.3) is 0 Å². The predicted octanol–water partition coefficient (Wildman–Crippen LogP) is 3.84. The van der Waals surface area contributed by atoms with E-state index in [1.165, 1.54) is 44.3 Å². The molecule has 0 aromatic carbocycles. The lowest BCUT2D eigenvalue weighted by Crippen LogP contribution is -2.42. The van der Waals surface area contributed by atoms with Crippen LogP contribution in [0.1, 0.15) is 64.7 Å². The summed E-state index contributed by atoms with van der Waals surface area (Å²) in [5.41, 5.74) is 6.12. The Hall–Kier alpha value is 0.0700. The Balaban J connectivity index is 0.00000242. The van der Waals surface area contributed by atoms with Crippen LogP contribution in [0.5, 0.6) is 0 Å². The van der Waals surface area contributed by atoms with E-state index < -0.39 is 0 Å². The third kappa shape index (κ3) is 5.04. The summed E-state index contributed by atoms with van der Waals surface area (Å²) in [6.45, 7) is 2.90. The number of halogens is 1. The van der Waals surface area contributed by atoms with Crippen molar-refractivity contribution < 1.29 is 4.79 Å². The van der Waals surface area contributed by atoms with E-state index in [1.807, 2.05) is 11.9 Å². The van der Waals surface area contributed by atoms with Gasteiger partial charge in [-0.3, -0.25) is 4.79 Å². The highest BCUT2D eigenvalue weighted by molar-refractivity contribution is 7.99. The molecule has 0 bridgehead atoms. The quantitative estimate of drug-likeness (QED) is 0.793. The molecule has 2 aliphatic rings. The monoisotopic (exact) mass is 348 g/mol. The van der Waals surface area contributed by atoms with Gasteiger partial charge in [-0.25, -0.2) is 0 Å². The van der Waals surface area contributed by atoms with Crippen molar-refractivity contribution in [2.45, 2.75) is 76.0 Å². The van der Waals surface area contributed by atoms with E-state index in [0.717, 1.165) is 18.1 Å². The number of amides is 1. The highest BCUT2D eigenvalue weighted by Gasteiger charge is 2.36. The van der Waals surface area contributed by atoms with E-state index in [2.05, 4.69) is 18.7 Å². The Bertz CT molecular complexity index is 348. The minimum absolute atomic E-state index is 0. The van der Waals surface area contributed by atoms with Crippen LogP contribution < -0.4 is 5.73 Å². The van der Waals surface area contributed by atoms with Crippen molar-refractivity contribution in [3.05, 3.63) is 0 Å². The van der Waals surface area contributed by atoms with Gasteiger partial charge in [-0.2, -0.15) is 11.8 Å². The first-order valence-corrected chi connectivity index (χ1v) is 9.72. The molecule has 0 aromatic rings. The normalized spacial score (nSPS) is 27.2. The fourth-order valence-corrected chi connectivity index (χ4v) is 5.19. The average Bonchev–Trinajstić information content (AvgIpc) is 2.96. The van der Waals surface area contributed by atoms with Gasteiger partial charge in [0.15, 0.2) is 0 Å². The number of rotatable bonds is 6. The van der Waals surface area contributed by atoms with E-state index in [0.29, 0.717) is 24.9 Å². The van der Waals surface area contributed by atoms with Gasteiger partial charge in [-0.15, -0.1) is 12.4 Å². The molecule has 2 atom stereocenters. The van der Waals surface area contributed by atoms with Crippen molar-refractivity contribution in [1.82, 2.24) is 4.90 Å². The van der Waals surface area contributed by atoms with Crippen LogP contribution in [-0.4, -0.2) is 41.4 Å². The van der Waals surface area contributed by atoms with Crippen molar-refractivity contribution in [3.63, 3.8) is 0 Å². The molecule has 0 saturated heterocycles. The lowest BCUT2D eigenvalue weighted by Gasteiger charge is -2.37. The Morgan fingerprint density at radius 2 is 1.95 bits per heavy atom. The maximum atomic E-state index is 12.7. The summed E-state index contributed by atoms with van der Waals surface area (Å²) in [5, 5.41) is 0.758. The summed E-state index contributed by atoms with van der Waals surface area (Å²) in [6.07, 6.45) is 10.4. The Morgan fingerprint density at radius 1 is 1.27 bits per heavy atom. The van der Waals surface area contributed by atoms with E-state index >= 15 is 0 Å². The van der Waals surface area contributed by atoms with Gasteiger partial charge in [0, 0.05) is 24.8 Å². The van der Waals surface area contributed by atoms with E-state index in [9.17, 15) is 4.79 Å². The number of thioether (sulfide) groups is 1. The number of nitrogens with zero attached hydrogens (tertiary/aromatic N) is 1. The number of hydrogen-bond acceptors (Lipinski definition) is 3. The van der Waals surface area contributed by atoms with Crippen molar-refractivity contribution in [3.8, 4) is 0 Å². The molecule has 0 spiro atoms. The van der Waals surface area contributed by atoms with Crippen molar-refractivity contribution in [2.75, 3.05) is 19.3 Å². The largest absolute Gasteiger partial charge is 0.343 e. The first-order valence-electron chi connectivity index (χ1n) is 8.67. The van der Waals surface area contributed by atoms with Crippen molar-refractivity contribution in [1.29, 1.82) is 0 Å². The Labute approximate surface area is 146 Å². The minimum Gasteiger partial charge on any atom is -0.343 e. The molecule has 5 heteroatoms. The summed E-state index contributed by atoms with van der Waals surface area (Å²) in [6, 6.07) is 0.458. The van der Waals surface area contributed by atoms with Gasteiger partial charge in [0.1, 0.15) is 0 Å². The van der Waals surface area contributed by atoms with E-state index in [-0.39, 0.29) is 17.8 Å². The summed E-state index contributed by atoms with van der Waals surface area (Å²) in [5.74, 6) is 1.51. The molecule has 2 fully saturated rings. The van der Waals surface area contributed by atoms with Gasteiger partial charge < -0.3 is 10.6 Å². The number of nitrogens with two attached hydrogens (primary N) is 1.